The second-order valence-electron chi connectivity index (χ2n) is 8.93. The molecule has 0 saturated carbocycles. The number of amides is 1. The number of hydrogen-bond acceptors (Lipinski definition) is 2. The van der Waals surface area contributed by atoms with E-state index in [9.17, 15) is 4.79 Å². The Morgan fingerprint density at radius 2 is 1.70 bits per heavy atom. The number of nitrogens with one attached hydrogen (secondary N) is 2. The van der Waals surface area contributed by atoms with Crippen LogP contribution in [0.4, 0.5) is 0 Å². The fourth-order valence-corrected chi connectivity index (χ4v) is 4.33. The van der Waals surface area contributed by atoms with Crippen molar-refractivity contribution in [3.05, 3.63) is 59.3 Å². The van der Waals surface area contributed by atoms with Gasteiger partial charge in [-0.1, -0.05) is 52.0 Å². The first-order chi connectivity index (χ1) is 12.7. The molecule has 4 nitrogen and oxygen atoms in total. The van der Waals surface area contributed by atoms with Gasteiger partial charge in [-0.2, -0.15) is 0 Å². The molecule has 2 aromatic carbocycles. The van der Waals surface area contributed by atoms with Gasteiger partial charge >= 0.3 is 0 Å². The van der Waals surface area contributed by atoms with Crippen molar-refractivity contribution in [2.45, 2.75) is 51.4 Å². The first kappa shape index (κ1) is 17.8. The van der Waals surface area contributed by atoms with Crippen molar-refractivity contribution in [3.63, 3.8) is 0 Å². The second kappa shape index (κ2) is 5.96. The van der Waals surface area contributed by atoms with Crippen LogP contribution < -0.4 is 5.48 Å². The van der Waals surface area contributed by atoms with E-state index in [0.29, 0.717) is 5.56 Å². The maximum absolute atomic E-state index is 11.7. The summed E-state index contributed by atoms with van der Waals surface area (Å²) in [4.78, 5) is 14.9. The number of H-pyrrole nitrogens is 1. The molecule has 1 aromatic heterocycles. The highest BCUT2D eigenvalue weighted by molar-refractivity contribution is 6.01. The van der Waals surface area contributed by atoms with Crippen molar-refractivity contribution < 1.29 is 10.0 Å². The third-order valence-corrected chi connectivity index (χ3v) is 6.21. The van der Waals surface area contributed by atoms with Gasteiger partial charge in [-0.3, -0.25) is 10.0 Å². The van der Waals surface area contributed by atoms with Crippen LogP contribution in [0, 0.1) is 0 Å². The van der Waals surface area contributed by atoms with Crippen LogP contribution >= 0.6 is 0 Å². The molecule has 0 fully saturated rings. The minimum absolute atomic E-state index is 0.166. The largest absolute Gasteiger partial charge is 0.361 e. The molecule has 1 amide bonds. The lowest BCUT2D eigenvalue weighted by atomic mass is 9.63. The molecule has 3 aromatic rings. The Morgan fingerprint density at radius 3 is 2.41 bits per heavy atom. The molecule has 0 aliphatic heterocycles. The number of hydrogen-bond donors (Lipinski definition) is 3. The highest BCUT2D eigenvalue weighted by atomic mass is 16.5. The number of carbonyl (C=O) groups excluding carboxylic acids is 1. The Bertz CT molecular complexity index is 1040. The second-order valence-corrected chi connectivity index (χ2v) is 8.93. The monoisotopic (exact) mass is 362 g/mol. The van der Waals surface area contributed by atoms with Gasteiger partial charge in [0.15, 0.2) is 0 Å². The van der Waals surface area contributed by atoms with E-state index in [1.54, 1.807) is 17.6 Å². The lowest BCUT2D eigenvalue weighted by Crippen LogP contribution is -2.33. The number of benzene rings is 2. The van der Waals surface area contributed by atoms with Gasteiger partial charge in [0.05, 0.1) is 0 Å². The Kier molecular flexibility index (Phi) is 3.93. The molecule has 0 saturated heterocycles. The average Bonchev–Trinajstić information content (AvgIpc) is 3.08. The molecule has 1 heterocycles. The van der Waals surface area contributed by atoms with Gasteiger partial charge in [-0.25, -0.2) is 5.48 Å². The van der Waals surface area contributed by atoms with Crippen molar-refractivity contribution >= 4 is 16.8 Å². The summed E-state index contributed by atoms with van der Waals surface area (Å²) >= 11 is 0. The van der Waals surface area contributed by atoms with E-state index in [0.717, 1.165) is 16.5 Å². The lowest BCUT2D eigenvalue weighted by Gasteiger charge is -2.42. The van der Waals surface area contributed by atoms with Crippen LogP contribution in [0.2, 0.25) is 0 Å². The smallest absolute Gasteiger partial charge is 0.274 e. The van der Waals surface area contributed by atoms with Crippen LogP contribution in [-0.4, -0.2) is 16.1 Å². The normalized spacial score (nSPS) is 17.5. The average molecular weight is 362 g/mol. The van der Waals surface area contributed by atoms with Crippen LogP contribution in [-0.2, 0) is 10.8 Å². The van der Waals surface area contributed by atoms with Gasteiger partial charge in [0.2, 0.25) is 0 Å². The molecule has 0 unspecified atom stereocenters. The van der Waals surface area contributed by atoms with Crippen molar-refractivity contribution in [1.29, 1.82) is 0 Å². The van der Waals surface area contributed by atoms with E-state index in [-0.39, 0.29) is 10.8 Å². The predicted molar refractivity (Wildman–Crippen MR) is 108 cm³/mol. The van der Waals surface area contributed by atoms with Crippen LogP contribution in [0.1, 0.15) is 62.0 Å². The number of fused-ring (bicyclic) bond motifs is 2. The third kappa shape index (κ3) is 2.85. The van der Waals surface area contributed by atoms with Gasteiger partial charge in [0.1, 0.15) is 0 Å². The number of hydroxylamine groups is 1. The maximum atomic E-state index is 11.7. The zero-order chi connectivity index (χ0) is 19.4. The fourth-order valence-electron chi connectivity index (χ4n) is 4.33. The molecule has 1 aliphatic carbocycles. The molecule has 3 N–H and O–H groups in total. The molecule has 4 rings (SSSR count). The van der Waals surface area contributed by atoms with Crippen LogP contribution in [0.15, 0.2) is 42.6 Å². The number of aromatic amines is 1. The molecular weight excluding hydrogens is 336 g/mol. The molecule has 1 aliphatic rings. The summed E-state index contributed by atoms with van der Waals surface area (Å²) < 4.78 is 0. The zero-order valence-corrected chi connectivity index (χ0v) is 16.3. The maximum Gasteiger partial charge on any atom is 0.274 e. The lowest BCUT2D eigenvalue weighted by molar-refractivity contribution is 0.0706. The Hall–Kier alpha value is -2.59. The highest BCUT2D eigenvalue weighted by Crippen LogP contribution is 2.47. The molecule has 0 bridgehead atoms. The summed E-state index contributed by atoms with van der Waals surface area (Å²) in [6, 6.07) is 12.3. The summed E-state index contributed by atoms with van der Waals surface area (Å²) in [5.41, 5.74) is 8.55. The van der Waals surface area contributed by atoms with Gasteiger partial charge in [-0.05, 0) is 52.5 Å². The molecular formula is C23H26N2O2. The molecule has 0 radical (unpaired) electrons. The zero-order valence-electron chi connectivity index (χ0n) is 16.3. The van der Waals surface area contributed by atoms with E-state index in [2.05, 4.69) is 50.9 Å². The molecule has 4 heteroatoms. The Morgan fingerprint density at radius 1 is 1.00 bits per heavy atom. The van der Waals surface area contributed by atoms with Gasteiger partial charge < -0.3 is 4.98 Å². The number of aromatic nitrogens is 1. The van der Waals surface area contributed by atoms with Gasteiger partial charge in [0, 0.05) is 28.2 Å². The van der Waals surface area contributed by atoms with E-state index in [1.165, 1.54) is 29.5 Å². The highest BCUT2D eigenvalue weighted by Gasteiger charge is 2.37. The predicted octanol–water partition coefficient (Wildman–Crippen LogP) is 5.30. The number of rotatable bonds is 2. The van der Waals surface area contributed by atoms with Crippen molar-refractivity contribution in [3.8, 4) is 11.1 Å². The Balaban J connectivity index is 1.84. The third-order valence-electron chi connectivity index (χ3n) is 6.21. The van der Waals surface area contributed by atoms with E-state index in [1.807, 2.05) is 12.3 Å². The van der Waals surface area contributed by atoms with Gasteiger partial charge in [-0.15, -0.1) is 0 Å². The van der Waals surface area contributed by atoms with Crippen LogP contribution in [0.25, 0.3) is 22.0 Å². The molecule has 0 atom stereocenters. The van der Waals surface area contributed by atoms with Crippen molar-refractivity contribution in [2.75, 3.05) is 0 Å². The summed E-state index contributed by atoms with van der Waals surface area (Å²) in [5.74, 6) is -0.509. The van der Waals surface area contributed by atoms with Crippen LogP contribution in [0.5, 0.6) is 0 Å². The van der Waals surface area contributed by atoms with E-state index in [4.69, 9.17) is 5.21 Å². The summed E-state index contributed by atoms with van der Waals surface area (Å²) in [6.07, 6.45) is 4.38. The SMILES string of the molecule is CC1(C)CCC(C)(C)c2cc(-c3c[nH]c4cc(C(=O)NO)ccc34)ccc21. The fraction of sp³-hybridized carbons (Fsp3) is 0.348. The summed E-state index contributed by atoms with van der Waals surface area (Å²) in [7, 11) is 0. The van der Waals surface area contributed by atoms with E-state index < -0.39 is 5.91 Å². The summed E-state index contributed by atoms with van der Waals surface area (Å²) in [5, 5.41) is 9.90. The summed E-state index contributed by atoms with van der Waals surface area (Å²) in [6.45, 7) is 9.33. The van der Waals surface area contributed by atoms with Crippen molar-refractivity contribution in [1.82, 2.24) is 10.5 Å². The molecule has 27 heavy (non-hydrogen) atoms. The number of carbonyl (C=O) groups is 1. The molecule has 140 valence electrons. The van der Waals surface area contributed by atoms with Crippen molar-refractivity contribution in [2.24, 2.45) is 0 Å². The Labute approximate surface area is 159 Å². The topological polar surface area (TPSA) is 65.1 Å². The van der Waals surface area contributed by atoms with Gasteiger partial charge in [0.25, 0.3) is 5.91 Å². The minimum Gasteiger partial charge on any atom is -0.361 e. The molecule has 0 spiro atoms. The standard InChI is InChI=1S/C23H26N2O2/c1-22(2)9-10-23(3,4)19-11-14(6-8-18(19)22)17-13-24-20-12-15(21(26)25-27)5-7-16(17)20/h5-8,11-13,24,27H,9-10H2,1-4H3,(H,25,26). The quantitative estimate of drug-likeness (QED) is 0.428. The van der Waals surface area contributed by atoms with E-state index >= 15 is 0 Å². The van der Waals surface area contributed by atoms with Crippen LogP contribution in [0.3, 0.4) is 0 Å². The first-order valence-corrected chi connectivity index (χ1v) is 9.44. The minimum atomic E-state index is -0.509. The first-order valence-electron chi connectivity index (χ1n) is 9.44.